The maximum atomic E-state index is 12.9. The van der Waals surface area contributed by atoms with E-state index in [9.17, 15) is 28.1 Å². The van der Waals surface area contributed by atoms with Crippen molar-refractivity contribution in [3.8, 4) is 6.07 Å². The molecule has 0 N–H and O–H groups in total. The summed E-state index contributed by atoms with van der Waals surface area (Å²) in [7, 11) is 0. The number of benzene rings is 3. The number of hydrogen-bond donors (Lipinski definition) is 0. The number of carbonyl (C=O) groups is 1. The van der Waals surface area contributed by atoms with Gasteiger partial charge in [-0.2, -0.15) is 18.4 Å². The molecule has 0 amide bonds. The molecule has 10 heteroatoms. The van der Waals surface area contributed by atoms with Gasteiger partial charge in [0.25, 0.3) is 5.69 Å². The number of alkyl halides is 3. The summed E-state index contributed by atoms with van der Waals surface area (Å²) in [5, 5.41) is 20.1. The van der Waals surface area contributed by atoms with Crippen molar-refractivity contribution < 1.29 is 27.6 Å². The van der Waals surface area contributed by atoms with Crippen molar-refractivity contribution in [2.75, 3.05) is 0 Å². The molecule has 3 aromatic carbocycles. The highest BCUT2D eigenvalue weighted by Crippen LogP contribution is 2.40. The number of halogens is 3. The third-order valence-corrected chi connectivity index (χ3v) is 5.40. The largest absolute Gasteiger partial charge is 0.457 e. The van der Waals surface area contributed by atoms with Crippen LogP contribution in [0.25, 0.3) is 0 Å². The summed E-state index contributed by atoms with van der Waals surface area (Å²) >= 11 is 0.798. The van der Waals surface area contributed by atoms with E-state index in [4.69, 9.17) is 10.00 Å². The Bertz CT molecular complexity index is 1210. The molecule has 0 aliphatic rings. The minimum atomic E-state index is -4.72. The zero-order valence-electron chi connectivity index (χ0n) is 16.1. The predicted octanol–water partition coefficient (Wildman–Crippen LogP) is 5.99. The highest BCUT2D eigenvalue weighted by molar-refractivity contribution is 7.99. The highest BCUT2D eigenvalue weighted by atomic mass is 32.2. The lowest BCUT2D eigenvalue weighted by Gasteiger charge is -2.11. The third-order valence-electron chi connectivity index (χ3n) is 4.26. The average Bonchev–Trinajstić information content (AvgIpc) is 2.77. The molecule has 0 fully saturated rings. The van der Waals surface area contributed by atoms with Crippen molar-refractivity contribution in [1.29, 1.82) is 5.26 Å². The van der Waals surface area contributed by atoms with E-state index < -0.39 is 28.3 Å². The van der Waals surface area contributed by atoms with Gasteiger partial charge in [-0.3, -0.25) is 10.1 Å². The number of nitro groups is 1. The molecule has 32 heavy (non-hydrogen) atoms. The lowest BCUT2D eigenvalue weighted by Crippen LogP contribution is -2.07. The van der Waals surface area contributed by atoms with Gasteiger partial charge in [0.1, 0.15) is 6.61 Å². The Morgan fingerprint density at radius 2 is 1.75 bits per heavy atom. The molecule has 0 radical (unpaired) electrons. The number of carbonyl (C=O) groups excluding carboxylic acids is 1. The molecule has 0 aliphatic carbocycles. The molecule has 162 valence electrons. The number of ether oxygens (including phenoxy) is 1. The van der Waals surface area contributed by atoms with Gasteiger partial charge < -0.3 is 4.74 Å². The molecule has 0 saturated heterocycles. The predicted molar refractivity (Wildman–Crippen MR) is 109 cm³/mol. The summed E-state index contributed by atoms with van der Waals surface area (Å²) in [6, 6.07) is 16.8. The van der Waals surface area contributed by atoms with Gasteiger partial charge in [-0.1, -0.05) is 36.0 Å². The molecule has 0 atom stereocenters. The van der Waals surface area contributed by atoms with Crippen LogP contribution in [-0.2, 0) is 17.5 Å². The molecular weight excluding hydrogens is 445 g/mol. The van der Waals surface area contributed by atoms with Crippen molar-refractivity contribution in [2.45, 2.75) is 22.6 Å². The average molecular weight is 458 g/mol. The summed E-state index contributed by atoms with van der Waals surface area (Å²) in [5.41, 5.74) is -0.629. The molecular formula is C22H13F3N2O4S. The van der Waals surface area contributed by atoms with Crippen LogP contribution in [-0.4, -0.2) is 10.9 Å². The van der Waals surface area contributed by atoms with Crippen LogP contribution in [0.5, 0.6) is 0 Å². The normalized spacial score (nSPS) is 10.9. The monoisotopic (exact) mass is 458 g/mol. The van der Waals surface area contributed by atoms with E-state index in [2.05, 4.69) is 0 Å². The third kappa shape index (κ3) is 5.44. The molecule has 0 bridgehead atoms. The Labute approximate surface area is 184 Å². The standard InChI is InChI=1S/C22H13F3N2O4S/c23-22(24,25)16-9-10-20(18(11-16)27(29)30)32-19-4-2-1-3-17(19)21(28)31-13-15-7-5-14(12-26)6-8-15/h1-11H,13H2. The zero-order valence-corrected chi connectivity index (χ0v) is 16.9. The minimum Gasteiger partial charge on any atom is -0.457 e. The van der Waals surface area contributed by atoms with Gasteiger partial charge in [0, 0.05) is 11.0 Å². The molecule has 3 aromatic rings. The molecule has 0 saturated carbocycles. The van der Waals surface area contributed by atoms with E-state index in [-0.39, 0.29) is 17.1 Å². The number of hydrogen-bond acceptors (Lipinski definition) is 6. The molecule has 0 heterocycles. The van der Waals surface area contributed by atoms with Crippen molar-refractivity contribution in [3.63, 3.8) is 0 Å². The minimum absolute atomic E-state index is 0.0460. The Morgan fingerprint density at radius 1 is 1.06 bits per heavy atom. The van der Waals surface area contributed by atoms with Crippen LogP contribution in [0.4, 0.5) is 18.9 Å². The van der Waals surface area contributed by atoms with E-state index >= 15 is 0 Å². The van der Waals surface area contributed by atoms with Crippen LogP contribution in [0.15, 0.2) is 76.5 Å². The fourth-order valence-corrected chi connectivity index (χ4v) is 3.69. The van der Waals surface area contributed by atoms with Crippen LogP contribution in [0, 0.1) is 21.4 Å². The fraction of sp³-hybridized carbons (Fsp3) is 0.0909. The molecule has 3 rings (SSSR count). The number of esters is 1. The van der Waals surface area contributed by atoms with Crippen LogP contribution in [0.2, 0.25) is 0 Å². The van der Waals surface area contributed by atoms with Crippen LogP contribution in [0.3, 0.4) is 0 Å². The second-order valence-electron chi connectivity index (χ2n) is 6.42. The highest BCUT2D eigenvalue weighted by Gasteiger charge is 2.33. The van der Waals surface area contributed by atoms with Gasteiger partial charge in [0.15, 0.2) is 0 Å². The SMILES string of the molecule is N#Cc1ccc(COC(=O)c2ccccc2Sc2ccc(C(F)(F)F)cc2[N+](=O)[O-])cc1. The summed E-state index contributed by atoms with van der Waals surface area (Å²) in [6.45, 7) is -0.0655. The lowest BCUT2D eigenvalue weighted by atomic mass is 10.1. The van der Waals surface area contributed by atoms with Gasteiger partial charge in [-0.25, -0.2) is 4.79 Å². The zero-order chi connectivity index (χ0) is 23.3. The Hall–Kier alpha value is -3.84. The summed E-state index contributed by atoms with van der Waals surface area (Å²) in [5.74, 6) is -0.702. The van der Waals surface area contributed by atoms with Gasteiger partial charge in [0.2, 0.25) is 0 Å². The van der Waals surface area contributed by atoms with E-state index in [0.29, 0.717) is 22.1 Å². The maximum Gasteiger partial charge on any atom is 0.416 e. The number of nitriles is 1. The number of rotatable bonds is 6. The molecule has 0 spiro atoms. The molecule has 0 aromatic heterocycles. The van der Waals surface area contributed by atoms with Crippen LogP contribution in [0.1, 0.15) is 27.0 Å². The topological polar surface area (TPSA) is 93.2 Å². The molecule has 0 aliphatic heterocycles. The van der Waals surface area contributed by atoms with Crippen molar-refractivity contribution in [3.05, 3.63) is 99.1 Å². The second-order valence-corrected chi connectivity index (χ2v) is 7.50. The first-order valence-electron chi connectivity index (χ1n) is 8.97. The van der Waals surface area contributed by atoms with Gasteiger partial charge in [0.05, 0.1) is 32.6 Å². The Kier molecular flexibility index (Phi) is 6.80. The van der Waals surface area contributed by atoms with Crippen molar-refractivity contribution in [1.82, 2.24) is 0 Å². The van der Waals surface area contributed by atoms with Crippen molar-refractivity contribution in [2.24, 2.45) is 0 Å². The summed E-state index contributed by atoms with van der Waals surface area (Å²) in [6.07, 6.45) is -4.72. The first-order valence-corrected chi connectivity index (χ1v) is 9.79. The number of nitro benzene ring substituents is 1. The maximum absolute atomic E-state index is 12.9. The molecule has 0 unspecified atom stereocenters. The van der Waals surface area contributed by atoms with Crippen molar-refractivity contribution >= 4 is 23.4 Å². The number of nitrogens with zero attached hydrogens (tertiary/aromatic N) is 2. The first-order chi connectivity index (χ1) is 15.2. The summed E-state index contributed by atoms with van der Waals surface area (Å²) in [4.78, 5) is 23.3. The quantitative estimate of drug-likeness (QED) is 0.256. The van der Waals surface area contributed by atoms with Crippen LogP contribution >= 0.6 is 11.8 Å². The first kappa shape index (κ1) is 22.8. The van der Waals surface area contributed by atoms with Gasteiger partial charge >= 0.3 is 12.1 Å². The Balaban J connectivity index is 1.83. The van der Waals surface area contributed by atoms with Gasteiger partial charge in [-0.15, -0.1) is 0 Å². The molecule has 6 nitrogen and oxygen atoms in total. The second kappa shape index (κ2) is 9.53. The van der Waals surface area contributed by atoms with E-state index in [1.54, 1.807) is 36.4 Å². The fourth-order valence-electron chi connectivity index (χ4n) is 2.67. The van der Waals surface area contributed by atoms with E-state index in [0.717, 1.165) is 23.9 Å². The Morgan fingerprint density at radius 3 is 2.38 bits per heavy atom. The van der Waals surface area contributed by atoms with E-state index in [1.807, 2.05) is 6.07 Å². The van der Waals surface area contributed by atoms with Gasteiger partial charge in [-0.05, 0) is 42.0 Å². The van der Waals surface area contributed by atoms with Crippen LogP contribution < -0.4 is 0 Å². The summed E-state index contributed by atoms with van der Waals surface area (Å²) < 4.78 is 44.1. The smallest absolute Gasteiger partial charge is 0.416 e. The van der Waals surface area contributed by atoms with E-state index in [1.165, 1.54) is 12.1 Å². The lowest BCUT2D eigenvalue weighted by molar-refractivity contribution is -0.388.